The average Bonchev–Trinajstić information content (AvgIpc) is 3.28. The average molecular weight is 564 g/mol. The summed E-state index contributed by atoms with van der Waals surface area (Å²) in [7, 11) is 0. The van der Waals surface area contributed by atoms with Crippen LogP contribution in [0.4, 0.5) is 4.79 Å². The number of hydrogen-bond donors (Lipinski definition) is 2. The first-order valence-corrected chi connectivity index (χ1v) is 13.9. The van der Waals surface area contributed by atoms with E-state index in [-0.39, 0.29) is 18.9 Å². The number of carbonyl (C=O) groups excluding carboxylic acids is 2. The van der Waals surface area contributed by atoms with Crippen molar-refractivity contribution in [3.05, 3.63) is 119 Å². The Hall–Kier alpha value is -4.91. The lowest BCUT2D eigenvalue weighted by molar-refractivity contribution is -0.139. The molecule has 0 saturated carbocycles. The molecule has 4 aromatic carbocycles. The van der Waals surface area contributed by atoms with E-state index in [1.165, 1.54) is 0 Å². The van der Waals surface area contributed by atoms with Crippen molar-refractivity contribution in [3.8, 4) is 22.3 Å². The van der Waals surface area contributed by atoms with Crippen LogP contribution < -0.4 is 5.32 Å². The molecule has 0 unspecified atom stereocenters. The number of carbonyl (C=O) groups is 3. The van der Waals surface area contributed by atoms with Gasteiger partial charge in [-0.15, -0.1) is 0 Å². The predicted molar refractivity (Wildman–Crippen MR) is 160 cm³/mol. The Bertz CT molecular complexity index is 1590. The number of esters is 1. The molecule has 0 heterocycles. The topological polar surface area (TPSA) is 102 Å². The monoisotopic (exact) mass is 563 g/mol. The van der Waals surface area contributed by atoms with Gasteiger partial charge < -0.3 is 19.9 Å². The lowest BCUT2D eigenvalue weighted by Gasteiger charge is -2.21. The summed E-state index contributed by atoms with van der Waals surface area (Å²) in [4.78, 5) is 37.8. The number of carboxylic acids is 1. The third-order valence-electron chi connectivity index (χ3n) is 7.16. The molecule has 0 saturated heterocycles. The molecule has 0 radical (unpaired) electrons. The number of nitrogens with one attached hydrogen (secondary N) is 1. The maximum Gasteiger partial charge on any atom is 0.407 e. The normalized spacial score (nSPS) is 13.0. The molecule has 7 heteroatoms. The molecule has 214 valence electrons. The minimum atomic E-state index is -1.21. The lowest BCUT2D eigenvalue weighted by atomic mass is 9.96. The zero-order chi connectivity index (χ0) is 29.9. The van der Waals surface area contributed by atoms with Gasteiger partial charge in [-0.3, -0.25) is 0 Å². The molecule has 4 aromatic rings. The van der Waals surface area contributed by atoms with Gasteiger partial charge in [0.15, 0.2) is 0 Å². The van der Waals surface area contributed by atoms with Gasteiger partial charge in [0, 0.05) is 12.3 Å². The lowest BCUT2D eigenvalue weighted by Crippen LogP contribution is -2.42. The van der Waals surface area contributed by atoms with Gasteiger partial charge in [0.05, 0.1) is 5.56 Å². The summed E-state index contributed by atoms with van der Waals surface area (Å²) in [6.45, 7) is 5.51. The van der Waals surface area contributed by atoms with Crippen molar-refractivity contribution in [1.29, 1.82) is 0 Å². The van der Waals surface area contributed by atoms with Crippen molar-refractivity contribution < 1.29 is 29.0 Å². The van der Waals surface area contributed by atoms with Gasteiger partial charge in [0.1, 0.15) is 18.2 Å². The minimum absolute atomic E-state index is 0.0297. The van der Waals surface area contributed by atoms with E-state index in [1.54, 1.807) is 24.3 Å². The number of aliphatic carboxylic acids is 1. The number of ether oxygens (including phenoxy) is 2. The first-order chi connectivity index (χ1) is 20.1. The number of fused-ring (bicyclic) bond motifs is 3. The molecule has 7 nitrogen and oxygen atoms in total. The van der Waals surface area contributed by atoms with Crippen LogP contribution in [0.2, 0.25) is 0 Å². The van der Waals surface area contributed by atoms with Crippen LogP contribution in [0.1, 0.15) is 53.7 Å². The van der Waals surface area contributed by atoms with Crippen molar-refractivity contribution in [3.63, 3.8) is 0 Å². The second kappa shape index (κ2) is 11.9. The second-order valence-corrected chi connectivity index (χ2v) is 11.3. The SMILES string of the molecule is CC(C)(C)OC(=O)c1ccccc1-c1cccc(C[C@H](NC(=O)OCC2c3ccccc3-c3ccccc32)C(=O)O)c1. The summed E-state index contributed by atoms with van der Waals surface area (Å²) in [5.74, 6) is -1.75. The van der Waals surface area contributed by atoms with E-state index in [0.717, 1.165) is 27.8 Å². The molecule has 5 rings (SSSR count). The Kier molecular flexibility index (Phi) is 8.11. The number of amides is 1. The number of hydrogen-bond acceptors (Lipinski definition) is 5. The summed E-state index contributed by atoms with van der Waals surface area (Å²) in [5.41, 5.74) is 6.22. The standard InChI is InChI=1S/C35H33NO6/c1-35(2,3)42-33(39)29-18-9-4-13-24(29)23-12-10-11-22(19-23)20-31(32(37)38)36-34(40)41-21-30-27-16-7-5-14-25(27)26-15-6-8-17-28(26)30/h4-19,30-31H,20-21H2,1-3H3,(H,36,40)(H,37,38)/t31-/m0/s1. The van der Waals surface area contributed by atoms with Crippen molar-refractivity contribution in [1.82, 2.24) is 5.32 Å². The highest BCUT2D eigenvalue weighted by Gasteiger charge is 2.30. The number of benzene rings is 4. The van der Waals surface area contributed by atoms with Gasteiger partial charge in [0.25, 0.3) is 0 Å². The predicted octanol–water partition coefficient (Wildman–Crippen LogP) is 6.84. The Labute approximate surface area is 245 Å². The third kappa shape index (κ3) is 6.36. The van der Waals surface area contributed by atoms with E-state index in [1.807, 2.05) is 81.4 Å². The molecule has 0 bridgehead atoms. The highest BCUT2D eigenvalue weighted by Crippen LogP contribution is 2.44. The van der Waals surface area contributed by atoms with E-state index in [4.69, 9.17) is 9.47 Å². The van der Waals surface area contributed by atoms with Gasteiger partial charge in [0.2, 0.25) is 0 Å². The van der Waals surface area contributed by atoms with Crippen LogP contribution in [-0.2, 0) is 20.7 Å². The zero-order valence-electron chi connectivity index (χ0n) is 23.8. The Morgan fingerprint density at radius 2 is 1.40 bits per heavy atom. The van der Waals surface area contributed by atoms with Gasteiger partial charge >= 0.3 is 18.0 Å². The molecule has 0 spiro atoms. The molecule has 0 fully saturated rings. The molecular weight excluding hydrogens is 530 g/mol. The fourth-order valence-corrected chi connectivity index (χ4v) is 5.33. The van der Waals surface area contributed by atoms with Crippen molar-refractivity contribution in [2.45, 2.75) is 44.8 Å². The maximum atomic E-state index is 12.9. The second-order valence-electron chi connectivity index (χ2n) is 11.3. The zero-order valence-corrected chi connectivity index (χ0v) is 23.8. The fraction of sp³-hybridized carbons (Fsp3) is 0.229. The van der Waals surface area contributed by atoms with Crippen LogP contribution in [0.3, 0.4) is 0 Å². The molecule has 42 heavy (non-hydrogen) atoms. The van der Waals surface area contributed by atoms with Crippen LogP contribution in [-0.4, -0.2) is 41.4 Å². The molecule has 1 aliphatic rings. The van der Waals surface area contributed by atoms with Crippen LogP contribution in [0.15, 0.2) is 97.1 Å². The molecule has 1 aliphatic carbocycles. The molecule has 1 atom stereocenters. The Morgan fingerprint density at radius 3 is 2.02 bits per heavy atom. The first-order valence-electron chi connectivity index (χ1n) is 13.9. The van der Waals surface area contributed by atoms with Gasteiger partial charge in [-0.25, -0.2) is 14.4 Å². The maximum absolute atomic E-state index is 12.9. The highest BCUT2D eigenvalue weighted by molar-refractivity contribution is 5.97. The minimum Gasteiger partial charge on any atom is -0.480 e. The van der Waals surface area contributed by atoms with Crippen LogP contribution in [0.25, 0.3) is 22.3 Å². The van der Waals surface area contributed by atoms with Gasteiger partial charge in [-0.1, -0.05) is 91.0 Å². The first kappa shape index (κ1) is 28.6. The van der Waals surface area contributed by atoms with Gasteiger partial charge in [-0.2, -0.15) is 0 Å². The van der Waals surface area contributed by atoms with E-state index in [2.05, 4.69) is 17.4 Å². The molecule has 1 amide bonds. The van der Waals surface area contributed by atoms with Crippen LogP contribution >= 0.6 is 0 Å². The summed E-state index contributed by atoms with van der Waals surface area (Å²) in [5, 5.41) is 12.4. The van der Waals surface area contributed by atoms with Crippen molar-refractivity contribution >= 4 is 18.0 Å². The summed E-state index contributed by atoms with van der Waals surface area (Å²) < 4.78 is 11.1. The Morgan fingerprint density at radius 1 is 0.810 bits per heavy atom. The quantitative estimate of drug-likeness (QED) is 0.228. The summed E-state index contributed by atoms with van der Waals surface area (Å²) in [6, 6.07) is 29.2. The highest BCUT2D eigenvalue weighted by atomic mass is 16.6. The van der Waals surface area contributed by atoms with Crippen LogP contribution in [0.5, 0.6) is 0 Å². The molecule has 0 aromatic heterocycles. The van der Waals surface area contributed by atoms with E-state index < -0.39 is 29.7 Å². The smallest absolute Gasteiger partial charge is 0.407 e. The molecular formula is C35H33NO6. The van der Waals surface area contributed by atoms with E-state index in [0.29, 0.717) is 16.7 Å². The molecule has 0 aliphatic heterocycles. The van der Waals surface area contributed by atoms with Crippen LogP contribution in [0, 0.1) is 0 Å². The third-order valence-corrected chi connectivity index (χ3v) is 7.16. The molecule has 2 N–H and O–H groups in total. The number of alkyl carbamates (subject to hydrolysis) is 1. The largest absolute Gasteiger partial charge is 0.480 e. The van der Waals surface area contributed by atoms with Crippen molar-refractivity contribution in [2.24, 2.45) is 0 Å². The summed E-state index contributed by atoms with van der Waals surface area (Å²) >= 11 is 0. The van der Waals surface area contributed by atoms with E-state index in [9.17, 15) is 19.5 Å². The van der Waals surface area contributed by atoms with Gasteiger partial charge in [-0.05, 0) is 65.8 Å². The Balaban J connectivity index is 1.28. The van der Waals surface area contributed by atoms with E-state index >= 15 is 0 Å². The fourth-order valence-electron chi connectivity index (χ4n) is 5.33. The number of carboxylic acid groups (broad SMARTS) is 1. The van der Waals surface area contributed by atoms with Crippen molar-refractivity contribution in [2.75, 3.05) is 6.61 Å². The summed E-state index contributed by atoms with van der Waals surface area (Å²) in [6.07, 6.45) is -0.766. The number of rotatable bonds is 8.